The van der Waals surface area contributed by atoms with Gasteiger partial charge in [0.1, 0.15) is 11.4 Å². The number of hydrogen-bond donors (Lipinski definition) is 1. The predicted octanol–water partition coefficient (Wildman–Crippen LogP) is 4.22. The summed E-state index contributed by atoms with van der Waals surface area (Å²) in [5.41, 5.74) is 3.60. The highest BCUT2D eigenvalue weighted by Crippen LogP contribution is 2.30. The lowest BCUT2D eigenvalue weighted by molar-refractivity contribution is -0.115. The summed E-state index contributed by atoms with van der Waals surface area (Å²) in [6, 6.07) is 15.6. The van der Waals surface area contributed by atoms with Gasteiger partial charge in [-0.25, -0.2) is 4.98 Å². The van der Waals surface area contributed by atoms with Gasteiger partial charge in [-0.3, -0.25) is 4.79 Å². The van der Waals surface area contributed by atoms with Crippen LogP contribution in [0.5, 0.6) is 5.75 Å². The van der Waals surface area contributed by atoms with Crippen LogP contribution in [0.2, 0.25) is 0 Å². The van der Waals surface area contributed by atoms with E-state index in [-0.39, 0.29) is 5.91 Å². The second-order valence-electron chi connectivity index (χ2n) is 6.70. The lowest BCUT2D eigenvalue weighted by Crippen LogP contribution is -2.22. The van der Waals surface area contributed by atoms with E-state index in [0.717, 1.165) is 22.5 Å². The van der Waals surface area contributed by atoms with Crippen molar-refractivity contribution in [3.05, 3.63) is 59.5 Å². The van der Waals surface area contributed by atoms with E-state index in [1.807, 2.05) is 60.8 Å². The van der Waals surface area contributed by atoms with Crippen LogP contribution in [0.25, 0.3) is 16.9 Å². The normalized spacial score (nSPS) is 11.8. The molecule has 2 heterocycles. The number of thiazole rings is 1. The van der Waals surface area contributed by atoms with Gasteiger partial charge >= 0.3 is 0 Å². The highest BCUT2D eigenvalue weighted by atomic mass is 32.2. The number of nitrogens with zero attached hydrogens (tertiary/aromatic N) is 5. The van der Waals surface area contributed by atoms with E-state index < -0.39 is 5.25 Å². The molecule has 158 valence electrons. The first-order chi connectivity index (χ1) is 15.0. The van der Waals surface area contributed by atoms with Crippen molar-refractivity contribution in [2.45, 2.75) is 24.3 Å². The number of hydrogen-bond acceptors (Lipinski definition) is 8. The van der Waals surface area contributed by atoms with Crippen LogP contribution in [0.1, 0.15) is 12.5 Å². The predicted molar refractivity (Wildman–Crippen MR) is 122 cm³/mol. The summed E-state index contributed by atoms with van der Waals surface area (Å²) in [6.45, 7) is 3.78. The number of aryl methyl sites for hydroxylation is 1. The van der Waals surface area contributed by atoms with Gasteiger partial charge in [-0.15, -0.1) is 16.4 Å². The molecule has 2 aromatic carbocycles. The number of tetrazole rings is 1. The first-order valence-electron chi connectivity index (χ1n) is 9.47. The SMILES string of the molecule is COc1ccc(C)cc1-n1nnnc1S[C@H](C)C(=O)Nc1nc(-c2ccccc2)cs1. The molecule has 0 aliphatic rings. The zero-order valence-corrected chi connectivity index (χ0v) is 18.8. The molecule has 10 heteroatoms. The molecule has 0 unspecified atom stereocenters. The molecule has 0 fully saturated rings. The van der Waals surface area contributed by atoms with E-state index in [2.05, 4.69) is 25.8 Å². The number of amides is 1. The van der Waals surface area contributed by atoms with E-state index in [1.54, 1.807) is 18.7 Å². The van der Waals surface area contributed by atoms with Crippen LogP contribution >= 0.6 is 23.1 Å². The number of rotatable bonds is 7. The maximum atomic E-state index is 12.7. The van der Waals surface area contributed by atoms with Gasteiger partial charge in [0, 0.05) is 10.9 Å². The largest absolute Gasteiger partial charge is 0.494 e. The van der Waals surface area contributed by atoms with E-state index in [9.17, 15) is 4.79 Å². The maximum absolute atomic E-state index is 12.7. The Morgan fingerprint density at radius 3 is 2.81 bits per heavy atom. The van der Waals surface area contributed by atoms with Crippen LogP contribution < -0.4 is 10.1 Å². The van der Waals surface area contributed by atoms with Gasteiger partial charge in [0.2, 0.25) is 11.1 Å². The number of benzene rings is 2. The molecule has 0 bridgehead atoms. The minimum atomic E-state index is -0.440. The first-order valence-corrected chi connectivity index (χ1v) is 11.2. The standard InChI is InChI=1S/C21H20N6O2S2/c1-13-9-10-18(29-3)17(11-13)27-21(24-25-26-27)31-14(2)19(28)23-20-22-16(12-30-20)15-7-5-4-6-8-15/h4-12,14H,1-3H3,(H,22,23,28)/t14-/m1/s1. The van der Waals surface area contributed by atoms with Gasteiger partial charge in [0.05, 0.1) is 18.1 Å². The van der Waals surface area contributed by atoms with Crippen LogP contribution in [0.4, 0.5) is 5.13 Å². The van der Waals surface area contributed by atoms with Crippen molar-refractivity contribution in [1.29, 1.82) is 0 Å². The summed E-state index contributed by atoms with van der Waals surface area (Å²) < 4.78 is 7.02. The van der Waals surface area contributed by atoms with Crippen LogP contribution in [0.15, 0.2) is 59.1 Å². The van der Waals surface area contributed by atoms with Crippen molar-refractivity contribution < 1.29 is 9.53 Å². The second kappa shape index (κ2) is 9.27. The summed E-state index contributed by atoms with van der Waals surface area (Å²) >= 11 is 2.65. The number of carbonyl (C=O) groups excluding carboxylic acids is 1. The van der Waals surface area contributed by atoms with E-state index in [0.29, 0.717) is 16.0 Å². The molecule has 1 N–H and O–H groups in total. The summed E-state index contributed by atoms with van der Waals surface area (Å²) in [6.07, 6.45) is 0. The molecule has 0 aliphatic carbocycles. The zero-order valence-electron chi connectivity index (χ0n) is 17.1. The van der Waals surface area contributed by atoms with Crippen molar-refractivity contribution in [3.63, 3.8) is 0 Å². The van der Waals surface area contributed by atoms with Crippen LogP contribution in [0.3, 0.4) is 0 Å². The van der Waals surface area contributed by atoms with Crippen molar-refractivity contribution in [1.82, 2.24) is 25.2 Å². The second-order valence-corrected chi connectivity index (χ2v) is 8.87. The highest BCUT2D eigenvalue weighted by Gasteiger charge is 2.21. The molecule has 0 spiro atoms. The number of thioether (sulfide) groups is 1. The summed E-state index contributed by atoms with van der Waals surface area (Å²) in [4.78, 5) is 17.3. The van der Waals surface area contributed by atoms with E-state index in [1.165, 1.54) is 23.1 Å². The number of nitrogens with one attached hydrogen (secondary N) is 1. The Morgan fingerprint density at radius 1 is 1.23 bits per heavy atom. The van der Waals surface area contributed by atoms with Crippen molar-refractivity contribution >= 4 is 34.1 Å². The molecule has 1 atom stereocenters. The number of aromatic nitrogens is 5. The number of ether oxygens (including phenoxy) is 1. The van der Waals surface area contributed by atoms with Gasteiger partial charge in [0.15, 0.2) is 5.13 Å². The minimum Gasteiger partial charge on any atom is -0.494 e. The fourth-order valence-electron chi connectivity index (χ4n) is 2.86. The number of carbonyl (C=O) groups is 1. The van der Waals surface area contributed by atoms with Crippen molar-refractivity contribution in [2.24, 2.45) is 0 Å². The smallest absolute Gasteiger partial charge is 0.239 e. The lowest BCUT2D eigenvalue weighted by Gasteiger charge is -2.12. The Bertz CT molecular complexity index is 1190. The van der Waals surface area contributed by atoms with E-state index in [4.69, 9.17) is 4.74 Å². The summed E-state index contributed by atoms with van der Waals surface area (Å²) in [5, 5.41) is 17.4. The van der Waals surface area contributed by atoms with Gasteiger partial charge < -0.3 is 10.1 Å². The van der Waals surface area contributed by atoms with Crippen LogP contribution in [0, 0.1) is 6.92 Å². The highest BCUT2D eigenvalue weighted by molar-refractivity contribution is 8.00. The van der Waals surface area contributed by atoms with Crippen molar-refractivity contribution in [3.8, 4) is 22.7 Å². The fourth-order valence-corrected chi connectivity index (χ4v) is 4.38. The summed E-state index contributed by atoms with van der Waals surface area (Å²) in [5.74, 6) is 0.470. The maximum Gasteiger partial charge on any atom is 0.239 e. The molecule has 8 nitrogen and oxygen atoms in total. The molecule has 4 aromatic rings. The summed E-state index contributed by atoms with van der Waals surface area (Å²) in [7, 11) is 1.60. The molecule has 4 rings (SSSR count). The average Bonchev–Trinajstić information content (AvgIpc) is 3.44. The Labute approximate surface area is 187 Å². The molecule has 0 radical (unpaired) electrons. The first kappa shape index (κ1) is 21.0. The molecule has 0 aliphatic heterocycles. The topological polar surface area (TPSA) is 94.8 Å². The lowest BCUT2D eigenvalue weighted by atomic mass is 10.2. The van der Waals surface area contributed by atoms with Gasteiger partial charge in [-0.1, -0.05) is 48.2 Å². The van der Waals surface area contributed by atoms with Gasteiger partial charge in [-0.2, -0.15) is 4.68 Å². The Morgan fingerprint density at radius 2 is 2.03 bits per heavy atom. The fraction of sp³-hybridized carbons (Fsp3) is 0.190. The van der Waals surface area contributed by atoms with Crippen molar-refractivity contribution in [2.75, 3.05) is 12.4 Å². The monoisotopic (exact) mass is 452 g/mol. The molecule has 1 amide bonds. The Kier molecular flexibility index (Phi) is 6.28. The minimum absolute atomic E-state index is 0.176. The molecule has 31 heavy (non-hydrogen) atoms. The van der Waals surface area contributed by atoms with Gasteiger partial charge in [0.25, 0.3) is 0 Å². The number of anilines is 1. The molecule has 2 aromatic heterocycles. The average molecular weight is 453 g/mol. The zero-order chi connectivity index (χ0) is 21.8. The van der Waals surface area contributed by atoms with E-state index >= 15 is 0 Å². The Hall–Kier alpha value is -3.24. The third kappa shape index (κ3) is 4.75. The molecule has 0 saturated heterocycles. The van der Waals surface area contributed by atoms with Crippen LogP contribution in [-0.4, -0.2) is 43.5 Å². The van der Waals surface area contributed by atoms with Crippen LogP contribution in [-0.2, 0) is 4.79 Å². The molecular formula is C21H20N6O2S2. The molecule has 0 saturated carbocycles. The molecular weight excluding hydrogens is 432 g/mol. The third-order valence-corrected chi connectivity index (χ3v) is 6.25. The Balaban J connectivity index is 1.47. The third-order valence-electron chi connectivity index (χ3n) is 4.46. The van der Waals surface area contributed by atoms with Gasteiger partial charge in [-0.05, 0) is 42.0 Å². The quantitative estimate of drug-likeness (QED) is 0.420. The number of methoxy groups -OCH3 is 1.